The van der Waals surface area contributed by atoms with Crippen molar-refractivity contribution in [1.29, 1.82) is 0 Å². The zero-order valence-electron chi connectivity index (χ0n) is 21.8. The molecule has 0 bridgehead atoms. The van der Waals surface area contributed by atoms with Crippen molar-refractivity contribution in [3.63, 3.8) is 0 Å². The SMILES string of the molecule is CCC(C)(C)NC(=O)[C@@H](c1ccc(O)cc1)N(C(=O)c1snc(C(N)=O)c1N)c1ccc(OC)c(OC)c1. The molecule has 38 heavy (non-hydrogen) atoms. The van der Waals surface area contributed by atoms with Gasteiger partial charge in [-0.25, -0.2) is 0 Å². The maximum absolute atomic E-state index is 14.1. The van der Waals surface area contributed by atoms with Crippen LogP contribution in [0.1, 0.15) is 59.0 Å². The molecule has 0 radical (unpaired) electrons. The molecule has 11 nitrogen and oxygen atoms in total. The van der Waals surface area contributed by atoms with E-state index in [2.05, 4.69) is 9.69 Å². The van der Waals surface area contributed by atoms with Gasteiger partial charge in [0.15, 0.2) is 17.2 Å². The van der Waals surface area contributed by atoms with E-state index in [1.807, 2.05) is 20.8 Å². The van der Waals surface area contributed by atoms with E-state index >= 15 is 0 Å². The summed E-state index contributed by atoms with van der Waals surface area (Å²) < 4.78 is 14.7. The molecule has 0 fully saturated rings. The van der Waals surface area contributed by atoms with Crippen LogP contribution in [0.25, 0.3) is 0 Å². The summed E-state index contributed by atoms with van der Waals surface area (Å²) >= 11 is 0.703. The first-order valence-electron chi connectivity index (χ1n) is 11.7. The second kappa shape index (κ2) is 11.4. The molecule has 0 aliphatic rings. The molecular formula is C26H31N5O6S. The van der Waals surface area contributed by atoms with Crippen LogP contribution in [0.3, 0.4) is 0 Å². The van der Waals surface area contributed by atoms with Crippen LogP contribution in [0, 0.1) is 0 Å². The topological polar surface area (TPSA) is 170 Å². The fourth-order valence-electron chi connectivity index (χ4n) is 3.66. The Bertz CT molecular complexity index is 1340. The quantitative estimate of drug-likeness (QED) is 0.303. The number of carbonyl (C=O) groups excluding carboxylic acids is 3. The predicted molar refractivity (Wildman–Crippen MR) is 145 cm³/mol. The summed E-state index contributed by atoms with van der Waals surface area (Å²) in [5, 5.41) is 12.9. The molecule has 12 heteroatoms. The van der Waals surface area contributed by atoms with Gasteiger partial charge in [-0.15, -0.1) is 0 Å². The monoisotopic (exact) mass is 541 g/mol. The first-order chi connectivity index (χ1) is 17.9. The second-order valence-corrected chi connectivity index (χ2v) is 9.85. The number of aromatic nitrogens is 1. The number of primary amides is 1. The van der Waals surface area contributed by atoms with Gasteiger partial charge in [0.05, 0.1) is 19.9 Å². The van der Waals surface area contributed by atoms with E-state index in [9.17, 15) is 19.5 Å². The minimum absolute atomic E-state index is 0.0106. The zero-order valence-corrected chi connectivity index (χ0v) is 22.6. The lowest BCUT2D eigenvalue weighted by Gasteiger charge is -2.34. The molecule has 6 N–H and O–H groups in total. The van der Waals surface area contributed by atoms with Gasteiger partial charge in [0.25, 0.3) is 11.8 Å². The third kappa shape index (κ3) is 5.80. The highest BCUT2D eigenvalue weighted by Gasteiger charge is 2.38. The number of nitrogens with one attached hydrogen (secondary N) is 1. The summed E-state index contributed by atoms with van der Waals surface area (Å²) in [6.45, 7) is 5.65. The predicted octanol–water partition coefficient (Wildman–Crippen LogP) is 3.24. The number of benzene rings is 2. The summed E-state index contributed by atoms with van der Waals surface area (Å²) in [6.07, 6.45) is 0.620. The van der Waals surface area contributed by atoms with E-state index in [0.29, 0.717) is 35.0 Å². The van der Waals surface area contributed by atoms with E-state index < -0.39 is 29.3 Å². The number of nitrogens with zero attached hydrogens (tertiary/aromatic N) is 2. The fourth-order valence-corrected chi connectivity index (χ4v) is 4.40. The summed E-state index contributed by atoms with van der Waals surface area (Å²) in [5.41, 5.74) is 11.1. The molecular weight excluding hydrogens is 510 g/mol. The minimum atomic E-state index is -1.22. The van der Waals surface area contributed by atoms with Gasteiger partial charge in [-0.3, -0.25) is 19.3 Å². The van der Waals surface area contributed by atoms with Gasteiger partial charge in [0, 0.05) is 17.3 Å². The number of methoxy groups -OCH3 is 2. The van der Waals surface area contributed by atoms with Crippen molar-refractivity contribution in [1.82, 2.24) is 9.69 Å². The normalized spacial score (nSPS) is 11.9. The first-order valence-corrected chi connectivity index (χ1v) is 12.4. The van der Waals surface area contributed by atoms with Gasteiger partial charge in [0.1, 0.15) is 16.7 Å². The average molecular weight is 542 g/mol. The Morgan fingerprint density at radius 1 is 1.11 bits per heavy atom. The number of anilines is 2. The summed E-state index contributed by atoms with van der Waals surface area (Å²) in [5.74, 6) is -1.34. The van der Waals surface area contributed by atoms with Crippen molar-refractivity contribution in [3.8, 4) is 17.2 Å². The van der Waals surface area contributed by atoms with Gasteiger partial charge in [0.2, 0.25) is 5.91 Å². The smallest absolute Gasteiger partial charge is 0.273 e. The molecule has 3 rings (SSSR count). The largest absolute Gasteiger partial charge is 0.508 e. The van der Waals surface area contributed by atoms with E-state index in [4.69, 9.17) is 20.9 Å². The number of aromatic hydroxyl groups is 1. The Morgan fingerprint density at radius 3 is 2.26 bits per heavy atom. The fraction of sp³-hybridized carbons (Fsp3) is 0.308. The highest BCUT2D eigenvalue weighted by atomic mass is 32.1. The molecule has 1 aromatic heterocycles. The van der Waals surface area contributed by atoms with Crippen LogP contribution in [-0.2, 0) is 4.79 Å². The van der Waals surface area contributed by atoms with Crippen LogP contribution in [0.4, 0.5) is 11.4 Å². The van der Waals surface area contributed by atoms with Crippen molar-refractivity contribution in [3.05, 3.63) is 58.6 Å². The van der Waals surface area contributed by atoms with Crippen molar-refractivity contribution in [2.45, 2.75) is 38.8 Å². The Labute approximate surface area is 224 Å². The van der Waals surface area contributed by atoms with Crippen LogP contribution in [0.2, 0.25) is 0 Å². The van der Waals surface area contributed by atoms with E-state index in [-0.39, 0.29) is 27.7 Å². The molecule has 202 valence electrons. The molecule has 3 amide bonds. The van der Waals surface area contributed by atoms with Gasteiger partial charge >= 0.3 is 0 Å². The lowest BCUT2D eigenvalue weighted by Crippen LogP contribution is -2.50. The Balaban J connectivity index is 2.29. The molecule has 0 spiro atoms. The summed E-state index contributed by atoms with van der Waals surface area (Å²) in [6, 6.07) is 9.46. The van der Waals surface area contributed by atoms with Crippen LogP contribution >= 0.6 is 11.5 Å². The molecule has 0 aliphatic heterocycles. The lowest BCUT2D eigenvalue weighted by molar-refractivity contribution is -0.124. The van der Waals surface area contributed by atoms with Gasteiger partial charge in [-0.1, -0.05) is 19.1 Å². The summed E-state index contributed by atoms with van der Waals surface area (Å²) in [4.78, 5) is 41.0. The Hall–Kier alpha value is -4.32. The van der Waals surface area contributed by atoms with Gasteiger partial charge in [-0.2, -0.15) is 4.37 Å². The van der Waals surface area contributed by atoms with E-state index in [1.54, 1.807) is 30.3 Å². The van der Waals surface area contributed by atoms with Crippen molar-refractivity contribution in [2.75, 3.05) is 24.9 Å². The molecule has 1 atom stereocenters. The lowest BCUT2D eigenvalue weighted by atomic mass is 9.98. The molecule has 1 heterocycles. The highest BCUT2D eigenvalue weighted by molar-refractivity contribution is 7.09. The number of rotatable bonds is 10. The number of amides is 3. The average Bonchev–Trinajstić information content (AvgIpc) is 3.28. The van der Waals surface area contributed by atoms with E-state index in [0.717, 1.165) is 0 Å². The number of nitrogens with two attached hydrogens (primary N) is 2. The van der Waals surface area contributed by atoms with Crippen LogP contribution < -0.4 is 31.2 Å². The standard InChI is InChI=1S/C26H31N5O6S/c1-6-26(2,3)29-24(34)21(14-7-10-16(32)11-8-14)31(15-9-12-17(36-4)18(13-15)37-5)25(35)22-19(27)20(23(28)33)30-38-22/h7-13,21,32H,6,27H2,1-5H3,(H2,28,33)(H,29,34)/t21-/m1/s1. The molecule has 0 aliphatic carbocycles. The molecule has 0 saturated heterocycles. The molecule has 0 unspecified atom stereocenters. The van der Waals surface area contributed by atoms with Gasteiger partial charge < -0.3 is 31.4 Å². The van der Waals surface area contributed by atoms with Crippen LogP contribution in [0.15, 0.2) is 42.5 Å². The maximum Gasteiger partial charge on any atom is 0.273 e. The number of nitrogen functional groups attached to an aromatic ring is 1. The highest BCUT2D eigenvalue weighted by Crippen LogP contribution is 2.38. The Kier molecular flexibility index (Phi) is 8.46. The number of ether oxygens (including phenoxy) is 2. The van der Waals surface area contributed by atoms with Gasteiger partial charge in [-0.05, 0) is 61.6 Å². The third-order valence-electron chi connectivity index (χ3n) is 6.08. The van der Waals surface area contributed by atoms with Crippen molar-refractivity contribution >= 4 is 40.6 Å². The van der Waals surface area contributed by atoms with Crippen molar-refractivity contribution < 1.29 is 29.0 Å². The van der Waals surface area contributed by atoms with Crippen LogP contribution in [-0.4, -0.2) is 47.0 Å². The maximum atomic E-state index is 14.1. The second-order valence-electron chi connectivity index (χ2n) is 9.07. The van der Waals surface area contributed by atoms with Crippen LogP contribution in [0.5, 0.6) is 17.2 Å². The number of carbonyl (C=O) groups is 3. The minimum Gasteiger partial charge on any atom is -0.508 e. The van der Waals surface area contributed by atoms with E-state index in [1.165, 1.54) is 31.3 Å². The molecule has 3 aromatic rings. The molecule has 2 aromatic carbocycles. The Morgan fingerprint density at radius 2 is 1.74 bits per heavy atom. The number of phenols is 1. The number of hydrogen-bond donors (Lipinski definition) is 4. The number of phenolic OH excluding ortho intramolecular Hbond substituents is 1. The first kappa shape index (κ1) is 28.3. The molecule has 0 saturated carbocycles. The zero-order chi connectivity index (χ0) is 28.2. The van der Waals surface area contributed by atoms with Crippen molar-refractivity contribution in [2.24, 2.45) is 5.73 Å². The third-order valence-corrected chi connectivity index (χ3v) is 6.93. The number of hydrogen-bond acceptors (Lipinski definition) is 9. The summed E-state index contributed by atoms with van der Waals surface area (Å²) in [7, 11) is 2.92.